The summed E-state index contributed by atoms with van der Waals surface area (Å²) in [5.74, 6) is 0. The molecule has 8 aromatic carbocycles. The number of rotatable bonds is 4. The smallest absolute Gasteiger partial charge is 0.220 e. The Morgan fingerprint density at radius 3 is 1.70 bits per heavy atom. The molecular weight excluding hydrogens is 765 g/mol. The van der Waals surface area contributed by atoms with Gasteiger partial charge in [-0.05, 0) is 35.4 Å². The van der Waals surface area contributed by atoms with E-state index >= 15 is 0 Å². The van der Waals surface area contributed by atoms with Gasteiger partial charge in [0.25, 0.3) is 0 Å². The zero-order valence-corrected chi connectivity index (χ0v) is 33.1. The molecule has 61 heavy (non-hydrogen) atoms. The second-order valence-electron chi connectivity index (χ2n) is 15.4. The topological polar surface area (TPSA) is 63.8 Å². The van der Waals surface area contributed by atoms with Gasteiger partial charge in [0, 0.05) is 71.3 Å². The van der Waals surface area contributed by atoms with Crippen LogP contribution in [0.25, 0.3) is 124 Å². The van der Waals surface area contributed by atoms with Gasteiger partial charge in [-0.3, -0.25) is 9.97 Å². The van der Waals surface area contributed by atoms with Gasteiger partial charge in [0.1, 0.15) is 6.07 Å². The third kappa shape index (κ3) is 4.42. The lowest BCUT2D eigenvalue weighted by Gasteiger charge is -2.25. The first-order valence-corrected chi connectivity index (χ1v) is 20.9. The fourth-order valence-corrected chi connectivity index (χ4v) is 11.3. The van der Waals surface area contributed by atoms with Crippen LogP contribution in [0.5, 0.6) is 0 Å². The van der Waals surface area contributed by atoms with Gasteiger partial charge in [0.2, 0.25) is 5.69 Å². The van der Waals surface area contributed by atoms with E-state index in [0.29, 0.717) is 22.5 Å². The van der Waals surface area contributed by atoms with E-state index in [1.54, 1.807) is 11.3 Å². The summed E-state index contributed by atoms with van der Waals surface area (Å²) in [5, 5.41) is 20.4. The molecule has 0 N–H and O–H groups in total. The normalized spacial score (nSPS) is 11.9. The number of hydrogen-bond donors (Lipinski definition) is 0. The molecular formula is C54H28N6S. The first-order valence-electron chi connectivity index (χ1n) is 20.1. The number of hydrogen-bond acceptors (Lipinski definition) is 4. The predicted octanol–water partition coefficient (Wildman–Crippen LogP) is 14.5. The summed E-state index contributed by atoms with van der Waals surface area (Å²) in [7, 11) is 0. The fraction of sp³-hybridized carbons (Fsp3) is 0. The van der Waals surface area contributed by atoms with Gasteiger partial charge in [0.15, 0.2) is 0 Å². The Bertz CT molecular complexity index is 3980. The number of nitriles is 1. The molecule has 0 atom stereocenters. The van der Waals surface area contributed by atoms with Crippen molar-refractivity contribution in [3.05, 3.63) is 187 Å². The van der Waals surface area contributed by atoms with E-state index in [0.717, 1.165) is 92.5 Å². The molecule has 5 aromatic heterocycles. The maximum atomic E-state index is 11.8. The molecule has 0 unspecified atom stereocenters. The van der Waals surface area contributed by atoms with Gasteiger partial charge >= 0.3 is 0 Å². The molecule has 0 saturated heterocycles. The van der Waals surface area contributed by atoms with E-state index < -0.39 is 0 Å². The lowest BCUT2D eigenvalue weighted by Crippen LogP contribution is -2.08. The molecule has 0 amide bonds. The highest BCUT2D eigenvalue weighted by Crippen LogP contribution is 2.54. The average Bonchev–Trinajstić information content (AvgIpc) is 3.99. The van der Waals surface area contributed by atoms with Crippen molar-refractivity contribution < 1.29 is 0 Å². The number of fused-ring (bicyclic) bond motifs is 10. The van der Waals surface area contributed by atoms with Crippen LogP contribution >= 0.6 is 11.3 Å². The summed E-state index contributed by atoms with van der Waals surface area (Å²) in [5.41, 5.74) is 10.9. The Labute approximate surface area is 352 Å². The van der Waals surface area contributed by atoms with Crippen LogP contribution in [0.15, 0.2) is 170 Å². The van der Waals surface area contributed by atoms with Crippen molar-refractivity contribution in [1.82, 2.24) is 19.1 Å². The predicted molar refractivity (Wildman–Crippen MR) is 252 cm³/mol. The average molecular weight is 793 g/mol. The third-order valence-corrected chi connectivity index (χ3v) is 13.6. The maximum absolute atomic E-state index is 11.8. The van der Waals surface area contributed by atoms with E-state index in [9.17, 15) is 11.8 Å². The van der Waals surface area contributed by atoms with Crippen molar-refractivity contribution in [2.24, 2.45) is 0 Å². The van der Waals surface area contributed by atoms with Crippen LogP contribution in [-0.4, -0.2) is 19.1 Å². The molecule has 0 aliphatic carbocycles. The third-order valence-electron chi connectivity index (χ3n) is 12.4. The molecule has 280 valence electrons. The van der Waals surface area contributed by atoms with Crippen molar-refractivity contribution in [2.75, 3.05) is 0 Å². The number of thiophene rings is 1. The molecule has 5 heterocycles. The lowest BCUT2D eigenvalue weighted by molar-refractivity contribution is 1.14. The summed E-state index contributed by atoms with van der Waals surface area (Å²) in [6.45, 7) is 9.18. The van der Waals surface area contributed by atoms with E-state index in [2.05, 4.69) is 117 Å². The number of nitrogens with zero attached hydrogens (tertiary/aromatic N) is 6. The monoisotopic (exact) mass is 792 g/mol. The number of pyridine rings is 2. The summed E-state index contributed by atoms with van der Waals surface area (Å²) in [4.78, 5) is 14.5. The zero-order valence-electron chi connectivity index (χ0n) is 32.3. The van der Waals surface area contributed by atoms with E-state index in [1.165, 1.54) is 15.5 Å². The molecule has 0 radical (unpaired) electrons. The SMILES string of the molecule is [C-]#[N+]c1c(-c2ccccc2)c(C#N)c(-n2c3ccccc3c3ccc4c5ccccc5sc4c32)c(-c2ccccc2)c1-n1c2ccnc3c4ccccc4c4nccc1c4c32. The van der Waals surface area contributed by atoms with Gasteiger partial charge in [-0.15, -0.1) is 11.3 Å². The van der Waals surface area contributed by atoms with Crippen molar-refractivity contribution in [2.45, 2.75) is 0 Å². The zero-order chi connectivity index (χ0) is 40.3. The molecule has 7 heteroatoms. The first kappa shape index (κ1) is 33.6. The number of para-hydroxylation sites is 1. The standard InChI is InChI=1S/C54H28N6S/c1-56-50-44(31-14-4-2-5-15-31)39(30-55)51(60-40-22-12-10-18-33(40)37-24-25-38-34-19-11-13-23-43(34)61-54(38)52(37)60)45(32-16-6-3-7-17-32)53(50)59-41-26-28-57-48-35-20-8-9-21-36(35)49-47(46(41)48)42(59)27-29-58-49/h2-29H. The fourth-order valence-electron chi connectivity index (χ4n) is 10.0. The summed E-state index contributed by atoms with van der Waals surface area (Å²) in [6, 6.07) is 57.0. The Morgan fingerprint density at radius 2 is 1.07 bits per heavy atom. The summed E-state index contributed by atoms with van der Waals surface area (Å²) >= 11 is 1.78. The van der Waals surface area contributed by atoms with Crippen LogP contribution in [0, 0.1) is 17.9 Å². The minimum atomic E-state index is 0.394. The molecule has 0 aliphatic rings. The van der Waals surface area contributed by atoms with Gasteiger partial charge in [-0.1, -0.05) is 133 Å². The highest BCUT2D eigenvalue weighted by atomic mass is 32.1. The maximum Gasteiger partial charge on any atom is 0.220 e. The Hall–Kier alpha value is -8.36. The second kappa shape index (κ2) is 12.6. The van der Waals surface area contributed by atoms with Crippen molar-refractivity contribution in [1.29, 1.82) is 5.26 Å². The largest absolute Gasteiger partial charge is 0.318 e. The Balaban J connectivity index is 1.34. The quantitative estimate of drug-likeness (QED) is 0.132. The second-order valence-corrected chi connectivity index (χ2v) is 16.5. The highest BCUT2D eigenvalue weighted by molar-refractivity contribution is 7.26. The summed E-state index contributed by atoms with van der Waals surface area (Å²) < 4.78 is 6.92. The first-order chi connectivity index (χ1) is 30.2. The van der Waals surface area contributed by atoms with Crippen LogP contribution < -0.4 is 0 Å². The van der Waals surface area contributed by atoms with E-state index in [4.69, 9.17) is 9.97 Å². The van der Waals surface area contributed by atoms with Crippen LogP contribution in [0.4, 0.5) is 5.69 Å². The van der Waals surface area contributed by atoms with Crippen molar-refractivity contribution >= 4 is 103 Å². The van der Waals surface area contributed by atoms with Gasteiger partial charge in [0.05, 0.1) is 61.3 Å². The molecule has 13 aromatic rings. The minimum absolute atomic E-state index is 0.394. The molecule has 0 saturated carbocycles. The minimum Gasteiger partial charge on any atom is -0.318 e. The Kier molecular flexibility index (Phi) is 6.92. The highest BCUT2D eigenvalue weighted by Gasteiger charge is 2.33. The van der Waals surface area contributed by atoms with Gasteiger partial charge in [-0.2, -0.15) is 5.26 Å². The molecule has 0 spiro atoms. The number of aromatic nitrogens is 4. The van der Waals surface area contributed by atoms with Crippen molar-refractivity contribution in [3.8, 4) is 39.7 Å². The van der Waals surface area contributed by atoms with E-state index in [1.807, 2.05) is 73.1 Å². The number of benzene rings is 8. The molecule has 6 nitrogen and oxygen atoms in total. The lowest BCUT2D eigenvalue weighted by atomic mass is 9.88. The molecule has 0 fully saturated rings. The Morgan fingerprint density at radius 1 is 0.508 bits per heavy atom. The van der Waals surface area contributed by atoms with Crippen LogP contribution in [0.2, 0.25) is 0 Å². The van der Waals surface area contributed by atoms with Crippen LogP contribution in [0.3, 0.4) is 0 Å². The van der Waals surface area contributed by atoms with Crippen molar-refractivity contribution in [3.63, 3.8) is 0 Å². The van der Waals surface area contributed by atoms with Crippen LogP contribution in [0.1, 0.15) is 5.56 Å². The molecule has 0 bridgehead atoms. The molecule has 0 aliphatic heterocycles. The van der Waals surface area contributed by atoms with Crippen LogP contribution in [-0.2, 0) is 0 Å². The van der Waals surface area contributed by atoms with Gasteiger partial charge < -0.3 is 9.13 Å². The van der Waals surface area contributed by atoms with E-state index in [-0.39, 0.29) is 0 Å². The van der Waals surface area contributed by atoms with Gasteiger partial charge in [-0.25, -0.2) is 4.85 Å². The molecule has 13 rings (SSSR count). The summed E-state index contributed by atoms with van der Waals surface area (Å²) in [6.07, 6.45) is 3.74.